The van der Waals surface area contributed by atoms with E-state index in [4.69, 9.17) is 0 Å². The molecule has 1 N–H and O–H groups in total. The normalized spacial score (nSPS) is 19.2. The van der Waals surface area contributed by atoms with Crippen molar-refractivity contribution in [1.82, 2.24) is 10.2 Å². The van der Waals surface area contributed by atoms with Crippen molar-refractivity contribution in [2.45, 2.75) is 38.6 Å². The van der Waals surface area contributed by atoms with Crippen LogP contribution in [0, 0.1) is 5.92 Å². The molecule has 4 nitrogen and oxygen atoms in total. The van der Waals surface area contributed by atoms with Crippen LogP contribution in [-0.2, 0) is 24.2 Å². The lowest BCUT2D eigenvalue weighted by Crippen LogP contribution is -2.33. The lowest BCUT2D eigenvalue weighted by molar-refractivity contribution is -0.125. The second-order valence-corrected chi connectivity index (χ2v) is 8.34. The maximum absolute atomic E-state index is 12.6. The molecule has 2 aliphatic rings. The standard InChI is InChI=1S/C21H24N2O2S/c24-20(22-14-15-6-2-1-3-7-15)16-8-9-18-17(12-16)13-19(26-18)21(25)23-10-4-5-11-23/h1-3,6-7,13,16H,4-5,8-12,14H2,(H,22,24)/t16-/m1/s1. The summed E-state index contributed by atoms with van der Waals surface area (Å²) in [6.07, 6.45) is 4.74. The molecule has 1 fully saturated rings. The fourth-order valence-corrected chi connectivity index (χ4v) is 5.03. The van der Waals surface area contributed by atoms with Crippen LogP contribution in [0.1, 0.15) is 44.9 Å². The van der Waals surface area contributed by atoms with Crippen molar-refractivity contribution in [2.24, 2.45) is 5.92 Å². The van der Waals surface area contributed by atoms with E-state index in [0.717, 1.165) is 55.6 Å². The Morgan fingerprint density at radius 3 is 2.69 bits per heavy atom. The molecule has 0 radical (unpaired) electrons. The van der Waals surface area contributed by atoms with Crippen LogP contribution in [0.5, 0.6) is 0 Å². The number of hydrogen-bond acceptors (Lipinski definition) is 3. The molecule has 1 aliphatic heterocycles. The monoisotopic (exact) mass is 368 g/mol. The molecular formula is C21H24N2O2S. The molecule has 4 rings (SSSR count). The van der Waals surface area contributed by atoms with Crippen molar-refractivity contribution in [2.75, 3.05) is 13.1 Å². The molecule has 0 saturated carbocycles. The van der Waals surface area contributed by atoms with Gasteiger partial charge < -0.3 is 10.2 Å². The minimum atomic E-state index is 0.00977. The lowest BCUT2D eigenvalue weighted by atomic mass is 9.87. The van der Waals surface area contributed by atoms with Gasteiger partial charge in [0.1, 0.15) is 0 Å². The van der Waals surface area contributed by atoms with E-state index in [2.05, 4.69) is 5.32 Å². The van der Waals surface area contributed by atoms with Crippen LogP contribution < -0.4 is 5.32 Å². The van der Waals surface area contributed by atoms with Gasteiger partial charge in [-0.15, -0.1) is 11.3 Å². The molecule has 1 aromatic heterocycles. The fraction of sp³-hybridized carbons (Fsp3) is 0.429. The number of likely N-dealkylation sites (tertiary alicyclic amines) is 1. The first-order chi connectivity index (χ1) is 12.7. The van der Waals surface area contributed by atoms with E-state index in [1.165, 1.54) is 10.4 Å². The number of carbonyl (C=O) groups is 2. The number of rotatable bonds is 4. The summed E-state index contributed by atoms with van der Waals surface area (Å²) in [6, 6.07) is 12.0. The van der Waals surface area contributed by atoms with Gasteiger partial charge in [0.05, 0.1) is 4.88 Å². The molecule has 2 aromatic rings. The second kappa shape index (κ2) is 7.62. The first kappa shape index (κ1) is 17.3. The topological polar surface area (TPSA) is 49.4 Å². The zero-order chi connectivity index (χ0) is 17.9. The molecule has 0 unspecified atom stereocenters. The maximum atomic E-state index is 12.6. The summed E-state index contributed by atoms with van der Waals surface area (Å²) in [5, 5.41) is 3.06. The Bertz CT molecular complexity index is 794. The average molecular weight is 369 g/mol. The van der Waals surface area contributed by atoms with Crippen molar-refractivity contribution in [1.29, 1.82) is 0 Å². The van der Waals surface area contributed by atoms with Crippen molar-refractivity contribution < 1.29 is 9.59 Å². The summed E-state index contributed by atoms with van der Waals surface area (Å²) in [4.78, 5) is 29.2. The summed E-state index contributed by atoms with van der Waals surface area (Å²) in [6.45, 7) is 2.34. The first-order valence-corrected chi connectivity index (χ1v) is 10.2. The van der Waals surface area contributed by atoms with E-state index in [9.17, 15) is 9.59 Å². The highest BCUT2D eigenvalue weighted by atomic mass is 32.1. The summed E-state index contributed by atoms with van der Waals surface area (Å²) < 4.78 is 0. The zero-order valence-electron chi connectivity index (χ0n) is 14.9. The number of benzene rings is 1. The Balaban J connectivity index is 1.38. The molecule has 1 aliphatic carbocycles. The number of thiophene rings is 1. The van der Waals surface area contributed by atoms with Gasteiger partial charge in [0.15, 0.2) is 0 Å². The number of nitrogens with one attached hydrogen (secondary N) is 1. The Hall–Kier alpha value is -2.14. The van der Waals surface area contributed by atoms with Crippen LogP contribution in [0.4, 0.5) is 0 Å². The Morgan fingerprint density at radius 1 is 1.15 bits per heavy atom. The van der Waals surface area contributed by atoms with Gasteiger partial charge in [-0.3, -0.25) is 9.59 Å². The molecule has 2 heterocycles. The summed E-state index contributed by atoms with van der Waals surface area (Å²) in [7, 11) is 0. The van der Waals surface area contributed by atoms with Crippen LogP contribution in [-0.4, -0.2) is 29.8 Å². The highest BCUT2D eigenvalue weighted by Crippen LogP contribution is 2.33. The van der Waals surface area contributed by atoms with Crippen LogP contribution in [0.15, 0.2) is 36.4 Å². The quantitative estimate of drug-likeness (QED) is 0.899. The van der Waals surface area contributed by atoms with Crippen LogP contribution in [0.2, 0.25) is 0 Å². The van der Waals surface area contributed by atoms with E-state index < -0.39 is 0 Å². The SMILES string of the molecule is O=C(NCc1ccccc1)[C@@H]1CCc2sc(C(=O)N3CCCC3)cc2C1. The number of carbonyl (C=O) groups excluding carboxylic acids is 2. The van der Waals surface area contributed by atoms with Gasteiger partial charge in [0.25, 0.3) is 5.91 Å². The number of amides is 2. The molecule has 0 bridgehead atoms. The molecule has 136 valence electrons. The lowest BCUT2D eigenvalue weighted by Gasteiger charge is -2.21. The van der Waals surface area contributed by atoms with Gasteiger partial charge in [0, 0.05) is 30.4 Å². The largest absolute Gasteiger partial charge is 0.352 e. The highest BCUT2D eigenvalue weighted by molar-refractivity contribution is 7.14. The second-order valence-electron chi connectivity index (χ2n) is 7.20. The number of aryl methyl sites for hydroxylation is 1. The van der Waals surface area contributed by atoms with Gasteiger partial charge >= 0.3 is 0 Å². The molecule has 1 aromatic carbocycles. The van der Waals surface area contributed by atoms with E-state index in [0.29, 0.717) is 6.54 Å². The number of nitrogens with zero attached hydrogens (tertiary/aromatic N) is 1. The zero-order valence-corrected chi connectivity index (χ0v) is 15.7. The molecule has 0 spiro atoms. The molecule has 1 atom stereocenters. The average Bonchev–Trinajstić information content (AvgIpc) is 3.35. The van der Waals surface area contributed by atoms with Crippen LogP contribution in [0.3, 0.4) is 0 Å². The Labute approximate surface area is 158 Å². The molecule has 1 saturated heterocycles. The smallest absolute Gasteiger partial charge is 0.263 e. The van der Waals surface area contributed by atoms with Gasteiger partial charge in [-0.05, 0) is 49.3 Å². The number of hydrogen-bond donors (Lipinski definition) is 1. The van der Waals surface area contributed by atoms with E-state index >= 15 is 0 Å². The summed E-state index contributed by atoms with van der Waals surface area (Å²) in [5.74, 6) is 0.306. The predicted molar refractivity (Wildman–Crippen MR) is 103 cm³/mol. The van der Waals surface area contributed by atoms with E-state index in [-0.39, 0.29) is 17.7 Å². The summed E-state index contributed by atoms with van der Waals surface area (Å²) >= 11 is 1.63. The van der Waals surface area contributed by atoms with Gasteiger partial charge in [0.2, 0.25) is 5.91 Å². The van der Waals surface area contributed by atoms with Gasteiger partial charge in [-0.2, -0.15) is 0 Å². The Kier molecular flexibility index (Phi) is 5.07. The minimum Gasteiger partial charge on any atom is -0.352 e. The van der Waals surface area contributed by atoms with Crippen molar-refractivity contribution in [3.63, 3.8) is 0 Å². The predicted octanol–water partition coefficient (Wildman–Crippen LogP) is 3.41. The van der Waals surface area contributed by atoms with E-state index in [1.54, 1.807) is 11.3 Å². The van der Waals surface area contributed by atoms with Crippen LogP contribution in [0.25, 0.3) is 0 Å². The molecule has 5 heteroatoms. The summed E-state index contributed by atoms with van der Waals surface area (Å²) in [5.41, 5.74) is 2.31. The fourth-order valence-electron chi connectivity index (χ4n) is 3.86. The van der Waals surface area contributed by atoms with Crippen molar-refractivity contribution in [3.05, 3.63) is 57.3 Å². The molecular weight excluding hydrogens is 344 g/mol. The van der Waals surface area contributed by atoms with Gasteiger partial charge in [-0.1, -0.05) is 30.3 Å². The maximum Gasteiger partial charge on any atom is 0.263 e. The first-order valence-electron chi connectivity index (χ1n) is 9.43. The third-order valence-electron chi connectivity index (χ3n) is 5.37. The number of fused-ring (bicyclic) bond motifs is 1. The molecule has 26 heavy (non-hydrogen) atoms. The van der Waals surface area contributed by atoms with Gasteiger partial charge in [-0.25, -0.2) is 0 Å². The van der Waals surface area contributed by atoms with Crippen molar-refractivity contribution >= 4 is 23.2 Å². The third kappa shape index (κ3) is 3.68. The Morgan fingerprint density at radius 2 is 1.92 bits per heavy atom. The highest BCUT2D eigenvalue weighted by Gasteiger charge is 2.29. The van der Waals surface area contributed by atoms with Crippen molar-refractivity contribution in [3.8, 4) is 0 Å². The van der Waals surface area contributed by atoms with E-state index in [1.807, 2.05) is 41.3 Å². The molecule has 2 amide bonds. The third-order valence-corrected chi connectivity index (χ3v) is 6.59. The van der Waals surface area contributed by atoms with Crippen LogP contribution >= 0.6 is 11.3 Å². The minimum absolute atomic E-state index is 0.00977.